The molecule has 1 aromatic carbocycles. The molecule has 2 N–H and O–H groups in total. The molecule has 2 aromatic rings. The fourth-order valence-corrected chi connectivity index (χ4v) is 3.92. The van der Waals surface area contributed by atoms with Crippen molar-refractivity contribution in [2.45, 2.75) is 34.1 Å². The third-order valence-corrected chi connectivity index (χ3v) is 5.55. The van der Waals surface area contributed by atoms with E-state index in [1.807, 2.05) is 50.5 Å². The van der Waals surface area contributed by atoms with Gasteiger partial charge in [-0.15, -0.1) is 0 Å². The Bertz CT molecular complexity index is 1220. The summed E-state index contributed by atoms with van der Waals surface area (Å²) in [6, 6.07) is 10.9. The van der Waals surface area contributed by atoms with Gasteiger partial charge in [0.1, 0.15) is 17.4 Å². The molecule has 7 nitrogen and oxygen atoms in total. The minimum atomic E-state index is -0.842. The molecule has 1 heterocycles. The van der Waals surface area contributed by atoms with E-state index in [9.17, 15) is 20.0 Å². The molecule has 170 valence electrons. The van der Waals surface area contributed by atoms with E-state index in [-0.39, 0.29) is 5.57 Å². The van der Waals surface area contributed by atoms with Crippen LogP contribution in [0.15, 0.2) is 53.6 Å². The molecular formula is C26H27N3O4. The Balaban J connectivity index is 1.88. The van der Waals surface area contributed by atoms with Crippen LogP contribution in [0.1, 0.15) is 37.2 Å². The summed E-state index contributed by atoms with van der Waals surface area (Å²) < 4.78 is 7.47. The lowest BCUT2D eigenvalue weighted by molar-refractivity contribution is -0.140. The van der Waals surface area contributed by atoms with Crippen LogP contribution in [0, 0.1) is 31.1 Å². The van der Waals surface area contributed by atoms with Gasteiger partial charge in [-0.2, -0.15) is 5.26 Å². The lowest BCUT2D eigenvalue weighted by Crippen LogP contribution is -2.16. The Hall–Kier alpha value is -4.05. The second kappa shape index (κ2) is 10.0. The number of amides is 1. The highest BCUT2D eigenvalue weighted by Crippen LogP contribution is 2.31. The lowest BCUT2D eigenvalue weighted by atomic mass is 9.93. The monoisotopic (exact) mass is 445 g/mol. The van der Waals surface area contributed by atoms with Gasteiger partial charge in [-0.1, -0.05) is 12.1 Å². The summed E-state index contributed by atoms with van der Waals surface area (Å²) in [4.78, 5) is 24.1. The first-order chi connectivity index (χ1) is 15.7. The van der Waals surface area contributed by atoms with Crippen LogP contribution >= 0.6 is 0 Å². The van der Waals surface area contributed by atoms with Crippen molar-refractivity contribution in [1.82, 2.24) is 4.57 Å². The Morgan fingerprint density at radius 2 is 2.06 bits per heavy atom. The predicted molar refractivity (Wildman–Crippen MR) is 128 cm³/mol. The van der Waals surface area contributed by atoms with Crippen LogP contribution in [0.2, 0.25) is 0 Å². The van der Waals surface area contributed by atoms with Crippen molar-refractivity contribution < 1.29 is 19.4 Å². The number of anilines is 1. The largest absolute Gasteiger partial charge is 0.494 e. The maximum Gasteiger partial charge on any atom is 0.310 e. The summed E-state index contributed by atoms with van der Waals surface area (Å²) in [5.41, 5.74) is 4.93. The second-order valence-electron chi connectivity index (χ2n) is 7.92. The van der Waals surface area contributed by atoms with Crippen LogP contribution in [0.5, 0.6) is 5.75 Å². The van der Waals surface area contributed by atoms with Crippen molar-refractivity contribution in [1.29, 1.82) is 5.26 Å². The van der Waals surface area contributed by atoms with Gasteiger partial charge >= 0.3 is 5.97 Å². The number of carboxylic acids is 1. The van der Waals surface area contributed by atoms with E-state index < -0.39 is 17.8 Å². The Morgan fingerprint density at radius 1 is 1.30 bits per heavy atom. The Morgan fingerprint density at radius 3 is 2.70 bits per heavy atom. The van der Waals surface area contributed by atoms with E-state index in [1.54, 1.807) is 36.4 Å². The van der Waals surface area contributed by atoms with Gasteiger partial charge in [-0.3, -0.25) is 9.59 Å². The van der Waals surface area contributed by atoms with E-state index >= 15 is 0 Å². The molecule has 7 heteroatoms. The van der Waals surface area contributed by atoms with Crippen LogP contribution in [-0.4, -0.2) is 28.2 Å². The van der Waals surface area contributed by atoms with Gasteiger partial charge in [-0.05, 0) is 75.6 Å². The molecular weight excluding hydrogens is 418 g/mol. The summed E-state index contributed by atoms with van der Waals surface area (Å²) in [7, 11) is 0. The van der Waals surface area contributed by atoms with Crippen LogP contribution in [0.3, 0.4) is 0 Å². The van der Waals surface area contributed by atoms with Crippen molar-refractivity contribution >= 4 is 29.3 Å². The van der Waals surface area contributed by atoms with Gasteiger partial charge in [-0.25, -0.2) is 0 Å². The fraction of sp³-hybridized carbons (Fsp3) is 0.269. The van der Waals surface area contributed by atoms with Crippen LogP contribution < -0.4 is 10.1 Å². The first kappa shape index (κ1) is 23.6. The average molecular weight is 446 g/mol. The number of carbonyl (C=O) groups is 2. The van der Waals surface area contributed by atoms with Crippen LogP contribution in [0.25, 0.3) is 11.8 Å². The van der Waals surface area contributed by atoms with Gasteiger partial charge in [0.05, 0.1) is 12.5 Å². The number of benzene rings is 1. The summed E-state index contributed by atoms with van der Waals surface area (Å²) in [5.74, 6) is -1.24. The molecule has 0 aliphatic heterocycles. The highest BCUT2D eigenvalue weighted by molar-refractivity contribution is 6.09. The molecule has 0 saturated carbocycles. The van der Waals surface area contributed by atoms with Crippen molar-refractivity contribution in [3.8, 4) is 11.8 Å². The lowest BCUT2D eigenvalue weighted by Gasteiger charge is -2.21. The number of carboxylic acid groups (broad SMARTS) is 1. The quantitative estimate of drug-likeness (QED) is 0.464. The summed E-state index contributed by atoms with van der Waals surface area (Å²) in [6.45, 7) is 8.16. The van der Waals surface area contributed by atoms with E-state index in [0.29, 0.717) is 24.5 Å². The molecule has 33 heavy (non-hydrogen) atoms. The summed E-state index contributed by atoms with van der Waals surface area (Å²) in [5, 5.41) is 21.7. The zero-order chi connectivity index (χ0) is 24.1. The molecule has 0 bridgehead atoms. The van der Waals surface area contributed by atoms with E-state index in [0.717, 1.165) is 28.2 Å². The average Bonchev–Trinajstić information content (AvgIpc) is 3.05. The number of nitrogens with zero attached hydrogens (tertiary/aromatic N) is 2. The standard InChI is InChI=1S/C26H27N3O4/c1-5-33-23-8-6-7-22(14-23)28-25(30)21(15-27)13-20-12-17(3)29(18(20)4)24-10-9-19(26(31)32)11-16(24)2/h6-10,12-14,19H,5,11H2,1-4H3,(H,28,30)(H,31,32)/b21-13-/t19-/m0/s1. The first-order valence-electron chi connectivity index (χ1n) is 10.7. The zero-order valence-electron chi connectivity index (χ0n) is 19.2. The number of allylic oxidation sites excluding steroid dienone is 3. The molecule has 0 saturated heterocycles. The maximum atomic E-state index is 12.7. The van der Waals surface area contributed by atoms with Crippen molar-refractivity contribution in [2.75, 3.05) is 11.9 Å². The van der Waals surface area contributed by atoms with Crippen molar-refractivity contribution in [3.63, 3.8) is 0 Å². The normalized spacial score (nSPS) is 15.8. The molecule has 0 fully saturated rings. The van der Waals surface area contributed by atoms with Gasteiger partial charge in [0.25, 0.3) is 5.91 Å². The highest BCUT2D eigenvalue weighted by atomic mass is 16.5. The number of aryl methyl sites for hydroxylation is 1. The fourth-order valence-electron chi connectivity index (χ4n) is 3.92. The first-order valence-corrected chi connectivity index (χ1v) is 10.7. The van der Waals surface area contributed by atoms with Gasteiger partial charge in [0, 0.05) is 28.8 Å². The number of hydrogen-bond acceptors (Lipinski definition) is 4. The third-order valence-electron chi connectivity index (χ3n) is 5.55. The van der Waals surface area contributed by atoms with Crippen LogP contribution in [-0.2, 0) is 9.59 Å². The highest BCUT2D eigenvalue weighted by Gasteiger charge is 2.22. The minimum absolute atomic E-state index is 0.0205. The van der Waals surface area contributed by atoms with Gasteiger partial charge < -0.3 is 19.7 Å². The smallest absolute Gasteiger partial charge is 0.310 e. The van der Waals surface area contributed by atoms with E-state index in [1.165, 1.54) is 0 Å². The molecule has 1 aliphatic rings. The molecule has 3 rings (SSSR count). The van der Waals surface area contributed by atoms with Gasteiger partial charge in [0.2, 0.25) is 0 Å². The SMILES string of the molecule is CCOc1cccc(NC(=O)/C(C#N)=C\c2cc(C)n(C3=C(C)C[C@@H](C(=O)O)C=C3)c2C)c1. The number of aromatic nitrogens is 1. The van der Waals surface area contributed by atoms with E-state index in [2.05, 4.69) is 5.32 Å². The molecule has 0 spiro atoms. The number of hydrogen-bond donors (Lipinski definition) is 2. The molecule has 0 radical (unpaired) electrons. The van der Waals surface area contributed by atoms with E-state index in [4.69, 9.17) is 4.74 Å². The maximum absolute atomic E-state index is 12.7. The number of nitriles is 1. The summed E-state index contributed by atoms with van der Waals surface area (Å²) >= 11 is 0. The van der Waals surface area contributed by atoms with Crippen LogP contribution in [0.4, 0.5) is 5.69 Å². The number of ether oxygens (including phenoxy) is 1. The number of aliphatic carboxylic acids is 1. The molecule has 0 unspecified atom stereocenters. The number of rotatable bonds is 7. The predicted octanol–water partition coefficient (Wildman–Crippen LogP) is 4.94. The minimum Gasteiger partial charge on any atom is -0.494 e. The number of nitrogens with one attached hydrogen (secondary N) is 1. The van der Waals surface area contributed by atoms with Crippen molar-refractivity contribution in [3.05, 3.63) is 70.6 Å². The molecule has 1 atom stereocenters. The molecule has 1 aliphatic carbocycles. The Kier molecular flexibility index (Phi) is 7.19. The zero-order valence-corrected chi connectivity index (χ0v) is 19.2. The summed E-state index contributed by atoms with van der Waals surface area (Å²) in [6.07, 6.45) is 5.54. The topological polar surface area (TPSA) is 104 Å². The number of carbonyl (C=O) groups excluding carboxylic acids is 1. The van der Waals surface area contributed by atoms with Crippen molar-refractivity contribution in [2.24, 2.45) is 5.92 Å². The van der Waals surface area contributed by atoms with Gasteiger partial charge in [0.15, 0.2) is 0 Å². The second-order valence-corrected chi connectivity index (χ2v) is 7.92. The third kappa shape index (κ3) is 5.24. The molecule has 1 amide bonds. The molecule has 1 aromatic heterocycles. The Labute approximate surface area is 193 Å².